The second kappa shape index (κ2) is 6.91. The summed E-state index contributed by atoms with van der Waals surface area (Å²) in [4.78, 5) is 0. The first-order chi connectivity index (χ1) is 10.2. The Morgan fingerprint density at radius 2 is 2.19 bits per heavy atom. The monoisotopic (exact) mass is 289 g/mol. The molecule has 2 bridgehead atoms. The summed E-state index contributed by atoms with van der Waals surface area (Å²) in [6, 6.07) is 7.16. The molecule has 2 aliphatic carbocycles. The molecule has 1 N–H and O–H groups in total. The van der Waals surface area contributed by atoms with Crippen LogP contribution in [-0.4, -0.2) is 13.1 Å². The summed E-state index contributed by atoms with van der Waals surface area (Å²) < 4.78 is 13.4. The van der Waals surface area contributed by atoms with Crippen LogP contribution >= 0.6 is 0 Å². The van der Waals surface area contributed by atoms with Gasteiger partial charge < -0.3 is 5.32 Å². The fraction of sp³-hybridized carbons (Fsp3) is 0.684. The van der Waals surface area contributed by atoms with Gasteiger partial charge in [-0.3, -0.25) is 0 Å². The third kappa shape index (κ3) is 3.85. The molecule has 0 aliphatic heterocycles. The van der Waals surface area contributed by atoms with Crippen LogP contribution in [-0.2, 0) is 6.42 Å². The minimum Gasteiger partial charge on any atom is -0.317 e. The fourth-order valence-corrected chi connectivity index (χ4v) is 4.68. The van der Waals surface area contributed by atoms with Crippen molar-refractivity contribution in [2.24, 2.45) is 23.7 Å². The lowest BCUT2D eigenvalue weighted by molar-refractivity contribution is 0.262. The second-order valence-electron chi connectivity index (χ2n) is 7.18. The maximum atomic E-state index is 13.4. The highest BCUT2D eigenvalue weighted by Gasteiger charge is 2.39. The van der Waals surface area contributed by atoms with Crippen LogP contribution < -0.4 is 5.32 Å². The number of hydrogen-bond acceptors (Lipinski definition) is 1. The Morgan fingerprint density at radius 1 is 1.29 bits per heavy atom. The Morgan fingerprint density at radius 3 is 2.86 bits per heavy atom. The van der Waals surface area contributed by atoms with Gasteiger partial charge in [0.25, 0.3) is 0 Å². The lowest BCUT2D eigenvalue weighted by atomic mass is 9.80. The van der Waals surface area contributed by atoms with E-state index in [-0.39, 0.29) is 5.82 Å². The maximum absolute atomic E-state index is 13.4. The van der Waals surface area contributed by atoms with Crippen LogP contribution in [0.2, 0.25) is 0 Å². The van der Waals surface area contributed by atoms with Crippen molar-refractivity contribution < 1.29 is 4.39 Å². The van der Waals surface area contributed by atoms with Crippen LogP contribution in [0.5, 0.6) is 0 Å². The van der Waals surface area contributed by atoms with Crippen molar-refractivity contribution in [1.82, 2.24) is 5.32 Å². The van der Waals surface area contributed by atoms with Gasteiger partial charge in [0.1, 0.15) is 5.82 Å². The topological polar surface area (TPSA) is 12.0 Å². The molecule has 0 aromatic heterocycles. The molecule has 2 aliphatic rings. The fourth-order valence-electron chi connectivity index (χ4n) is 4.68. The van der Waals surface area contributed by atoms with Crippen molar-refractivity contribution >= 4 is 0 Å². The molecule has 0 saturated heterocycles. The van der Waals surface area contributed by atoms with Crippen molar-refractivity contribution in [3.05, 3.63) is 35.6 Å². The van der Waals surface area contributed by atoms with E-state index >= 15 is 0 Å². The average molecular weight is 289 g/mol. The molecule has 0 heterocycles. The first-order valence-corrected chi connectivity index (χ1v) is 8.69. The van der Waals surface area contributed by atoms with Crippen LogP contribution in [0.25, 0.3) is 0 Å². The molecule has 116 valence electrons. The van der Waals surface area contributed by atoms with E-state index in [4.69, 9.17) is 0 Å². The zero-order valence-corrected chi connectivity index (χ0v) is 13.2. The number of rotatable bonds is 7. The zero-order chi connectivity index (χ0) is 14.7. The molecular formula is C19H28FN. The third-order valence-corrected chi connectivity index (χ3v) is 5.62. The van der Waals surface area contributed by atoms with Crippen LogP contribution in [0.4, 0.5) is 4.39 Å². The van der Waals surface area contributed by atoms with Gasteiger partial charge in [-0.15, -0.1) is 0 Å². The molecule has 0 radical (unpaired) electrons. The number of fused-ring (bicyclic) bond motifs is 2. The van der Waals surface area contributed by atoms with Crippen molar-refractivity contribution in [3.8, 4) is 0 Å². The lowest BCUT2D eigenvalue weighted by Crippen LogP contribution is -2.27. The van der Waals surface area contributed by atoms with Crippen LogP contribution in [0.15, 0.2) is 24.3 Å². The van der Waals surface area contributed by atoms with Gasteiger partial charge in [0.15, 0.2) is 0 Å². The van der Waals surface area contributed by atoms with E-state index in [0.29, 0.717) is 5.92 Å². The highest BCUT2D eigenvalue weighted by atomic mass is 19.1. The Hall–Kier alpha value is -0.890. The predicted octanol–water partition coefficient (Wildman–Crippen LogP) is 4.42. The molecule has 1 nitrogen and oxygen atoms in total. The summed E-state index contributed by atoms with van der Waals surface area (Å²) in [6.45, 7) is 4.26. The SMILES string of the molecule is CCNCC(Cc1cccc(F)c1)CC1CC2CCC1C2. The van der Waals surface area contributed by atoms with Crippen molar-refractivity contribution in [2.75, 3.05) is 13.1 Å². The van der Waals surface area contributed by atoms with Crippen molar-refractivity contribution in [3.63, 3.8) is 0 Å². The van der Waals surface area contributed by atoms with Gasteiger partial charge in [-0.25, -0.2) is 4.39 Å². The maximum Gasteiger partial charge on any atom is 0.123 e. The van der Waals surface area contributed by atoms with Gasteiger partial charge in [-0.1, -0.05) is 25.5 Å². The molecule has 4 unspecified atom stereocenters. The van der Waals surface area contributed by atoms with Crippen LogP contribution in [0.3, 0.4) is 0 Å². The minimum absolute atomic E-state index is 0.102. The Labute approximate surface area is 128 Å². The molecule has 3 rings (SSSR count). The summed E-state index contributed by atoms with van der Waals surface area (Å²) in [7, 11) is 0. The summed E-state index contributed by atoms with van der Waals surface area (Å²) >= 11 is 0. The Balaban J connectivity index is 1.60. The smallest absolute Gasteiger partial charge is 0.123 e. The van der Waals surface area contributed by atoms with Gasteiger partial charge in [-0.05, 0) is 86.6 Å². The summed E-state index contributed by atoms with van der Waals surface area (Å²) in [5.74, 6) is 3.49. The number of halogens is 1. The summed E-state index contributed by atoms with van der Waals surface area (Å²) in [6.07, 6.45) is 8.21. The number of benzene rings is 1. The normalized spacial score (nSPS) is 29.0. The molecular weight excluding hydrogens is 261 g/mol. The predicted molar refractivity (Wildman–Crippen MR) is 85.7 cm³/mol. The van der Waals surface area contributed by atoms with Gasteiger partial charge in [-0.2, -0.15) is 0 Å². The molecule has 0 amide bonds. The quantitative estimate of drug-likeness (QED) is 0.783. The van der Waals surface area contributed by atoms with E-state index in [1.54, 1.807) is 12.1 Å². The molecule has 0 spiro atoms. The molecule has 2 saturated carbocycles. The average Bonchev–Trinajstić information content (AvgIpc) is 3.07. The molecule has 2 fully saturated rings. The standard InChI is InChI=1S/C19H28FN/c1-2-21-13-16(8-14-4-3-5-19(20)12-14)11-18-10-15-6-7-17(18)9-15/h3-5,12,15-18,21H,2,6-11,13H2,1H3. The molecule has 1 aromatic carbocycles. The van der Waals surface area contributed by atoms with Crippen LogP contribution in [0.1, 0.15) is 44.6 Å². The summed E-state index contributed by atoms with van der Waals surface area (Å²) in [5.41, 5.74) is 1.15. The highest BCUT2D eigenvalue weighted by Crippen LogP contribution is 2.50. The van der Waals surface area contributed by atoms with E-state index in [0.717, 1.165) is 42.8 Å². The van der Waals surface area contributed by atoms with Gasteiger partial charge >= 0.3 is 0 Å². The zero-order valence-electron chi connectivity index (χ0n) is 13.2. The molecule has 21 heavy (non-hydrogen) atoms. The van der Waals surface area contributed by atoms with Crippen molar-refractivity contribution in [1.29, 1.82) is 0 Å². The second-order valence-corrected chi connectivity index (χ2v) is 7.18. The van der Waals surface area contributed by atoms with Gasteiger partial charge in [0, 0.05) is 0 Å². The van der Waals surface area contributed by atoms with E-state index in [9.17, 15) is 4.39 Å². The Bertz CT molecular complexity index is 459. The molecule has 2 heteroatoms. The van der Waals surface area contributed by atoms with E-state index in [1.807, 2.05) is 6.07 Å². The highest BCUT2D eigenvalue weighted by molar-refractivity contribution is 5.17. The lowest BCUT2D eigenvalue weighted by Gasteiger charge is -2.27. The third-order valence-electron chi connectivity index (χ3n) is 5.62. The minimum atomic E-state index is -0.102. The van der Waals surface area contributed by atoms with E-state index in [1.165, 1.54) is 32.1 Å². The van der Waals surface area contributed by atoms with Gasteiger partial charge in [0.2, 0.25) is 0 Å². The van der Waals surface area contributed by atoms with Crippen molar-refractivity contribution in [2.45, 2.75) is 45.4 Å². The Kier molecular flexibility index (Phi) is 4.95. The first-order valence-electron chi connectivity index (χ1n) is 8.69. The van der Waals surface area contributed by atoms with Gasteiger partial charge in [0.05, 0.1) is 0 Å². The van der Waals surface area contributed by atoms with Crippen LogP contribution in [0, 0.1) is 29.5 Å². The number of nitrogens with one attached hydrogen (secondary N) is 1. The largest absolute Gasteiger partial charge is 0.317 e. The first kappa shape index (κ1) is 15.0. The van der Waals surface area contributed by atoms with E-state index in [2.05, 4.69) is 18.3 Å². The summed E-state index contributed by atoms with van der Waals surface area (Å²) in [5, 5.41) is 3.51. The molecule has 4 atom stereocenters. The number of hydrogen-bond donors (Lipinski definition) is 1. The van der Waals surface area contributed by atoms with E-state index < -0.39 is 0 Å². The molecule has 1 aromatic rings.